The Bertz CT molecular complexity index is 614. The number of carbonyl (C=O) groups is 4. The molecular weight excluding hydrogens is 698 g/mol. The molecule has 0 fully saturated rings. The van der Waals surface area contributed by atoms with Gasteiger partial charge in [0.1, 0.15) is 0 Å². The molecule has 17 nitrogen and oxygen atoms in total. The molecule has 0 aliphatic rings. The Morgan fingerprint density at radius 3 is 0.755 bits per heavy atom. The van der Waals surface area contributed by atoms with Gasteiger partial charge in [0.2, 0.25) is 0 Å². The first-order valence-electron chi connectivity index (χ1n) is 19.2. The van der Waals surface area contributed by atoms with Crippen molar-refractivity contribution in [2.75, 3.05) is 79.1 Å². The van der Waals surface area contributed by atoms with Crippen molar-refractivity contribution >= 4 is 23.9 Å². The van der Waals surface area contributed by atoms with E-state index in [2.05, 4.69) is 17.2 Å². The van der Waals surface area contributed by atoms with Crippen LogP contribution in [0.5, 0.6) is 0 Å². The van der Waals surface area contributed by atoms with Gasteiger partial charge in [0, 0.05) is 24.3 Å². The van der Waals surface area contributed by atoms with Crippen LogP contribution >= 0.6 is 0 Å². The number of ether oxygens (including phenoxy) is 3. The molecule has 13 N–H and O–H groups in total. The first-order valence-corrected chi connectivity index (χ1v) is 19.2. The summed E-state index contributed by atoms with van der Waals surface area (Å²) >= 11 is 0. The lowest BCUT2D eigenvalue weighted by Crippen LogP contribution is -2.52. The molecule has 0 aliphatic heterocycles. The highest BCUT2D eigenvalue weighted by Gasteiger charge is 1.97. The van der Waals surface area contributed by atoms with Crippen molar-refractivity contribution in [1.82, 2.24) is 0 Å². The monoisotopic (exact) mass is 776 g/mol. The second-order valence-electron chi connectivity index (χ2n) is 11.7. The van der Waals surface area contributed by atoms with E-state index in [1.54, 1.807) is 0 Å². The van der Waals surface area contributed by atoms with Crippen LogP contribution in [0.4, 0.5) is 0 Å². The summed E-state index contributed by atoms with van der Waals surface area (Å²) in [7, 11) is 0. The van der Waals surface area contributed by atoms with E-state index in [4.69, 9.17) is 34.6 Å². The standard InChI is InChI=1S/2C12H22O4.3C4H11NO2/c2*13-11(14)9-7-5-3-1-2-4-6-8-10-12(15)16;3*5-1-3-7-4-2-6/h2*1-10H2,(H,13,14)(H,15,16);3*6H,1-5H2. The summed E-state index contributed by atoms with van der Waals surface area (Å²) in [5.74, 6) is -3.62. The molecule has 0 heterocycles. The minimum absolute atomic E-state index is 0.111. The summed E-state index contributed by atoms with van der Waals surface area (Å²) in [6.07, 6.45) is 16.1. The molecule has 0 bridgehead atoms. The molecule has 0 amide bonds. The normalized spacial score (nSPS) is 9.92. The Kier molecular flexibility index (Phi) is 66.4. The topological polar surface area (TPSA) is 329 Å². The molecule has 0 radical (unpaired) electrons. The van der Waals surface area contributed by atoms with Gasteiger partial charge in [0.05, 0.1) is 79.1 Å². The van der Waals surface area contributed by atoms with E-state index < -0.39 is 23.9 Å². The van der Waals surface area contributed by atoms with Crippen LogP contribution in [0.25, 0.3) is 0 Å². The summed E-state index contributed by atoms with van der Waals surface area (Å²) in [5.41, 5.74) is 10.7. The minimum Gasteiger partial charge on any atom is -0.550 e. The van der Waals surface area contributed by atoms with E-state index in [0.29, 0.717) is 58.9 Å². The van der Waals surface area contributed by atoms with Crippen LogP contribution in [-0.4, -0.2) is 123 Å². The number of hydrogen-bond donors (Lipinski definition) is 7. The fourth-order valence-electron chi connectivity index (χ4n) is 4.01. The number of quaternary nitrogens is 3. The fourth-order valence-corrected chi connectivity index (χ4v) is 4.01. The van der Waals surface area contributed by atoms with Crippen LogP contribution in [-0.2, 0) is 33.4 Å². The molecule has 0 aromatic carbocycles. The SMILES string of the molecule is O=C([O-])CCCCCCCCCCC(=O)O.O=C([O-])CCCCCCCCCCC(=O)[O-].[NH3+]CCOCCO.[NH3+]CCOCCO.[NH3+]CCOCCO. The number of aliphatic hydroxyl groups is 3. The van der Waals surface area contributed by atoms with Crippen LogP contribution in [0.2, 0.25) is 0 Å². The third-order valence-electron chi connectivity index (χ3n) is 6.61. The van der Waals surface area contributed by atoms with Crippen molar-refractivity contribution in [1.29, 1.82) is 0 Å². The quantitative estimate of drug-likeness (QED) is 0.0317. The number of rotatable bonds is 34. The second-order valence-corrected chi connectivity index (χ2v) is 11.7. The van der Waals surface area contributed by atoms with Crippen molar-refractivity contribution in [3.8, 4) is 0 Å². The predicted molar refractivity (Wildman–Crippen MR) is 192 cm³/mol. The number of aliphatic carboxylic acids is 4. The Morgan fingerprint density at radius 2 is 0.585 bits per heavy atom. The van der Waals surface area contributed by atoms with Crippen LogP contribution in [0.1, 0.15) is 128 Å². The number of hydrogen-bond acceptors (Lipinski definition) is 13. The van der Waals surface area contributed by atoms with Gasteiger partial charge in [0.25, 0.3) is 0 Å². The van der Waals surface area contributed by atoms with Crippen molar-refractivity contribution in [3.05, 3.63) is 0 Å². The third kappa shape index (κ3) is 88.6. The maximum absolute atomic E-state index is 10.2. The maximum Gasteiger partial charge on any atom is 0.303 e. The number of aliphatic hydroxyl groups excluding tert-OH is 3. The van der Waals surface area contributed by atoms with Crippen molar-refractivity contribution in [3.63, 3.8) is 0 Å². The largest absolute Gasteiger partial charge is 0.550 e. The molecule has 0 spiro atoms. The average Bonchev–Trinajstić information content (AvgIpc) is 3.11. The molecule has 0 rings (SSSR count). The van der Waals surface area contributed by atoms with Crippen molar-refractivity contribution in [2.24, 2.45) is 0 Å². The van der Waals surface area contributed by atoms with Gasteiger partial charge in [0.15, 0.2) is 0 Å². The molecule has 0 aromatic rings. The van der Waals surface area contributed by atoms with Crippen molar-refractivity contribution < 1.29 is 86.3 Å². The van der Waals surface area contributed by atoms with E-state index >= 15 is 0 Å². The van der Waals surface area contributed by atoms with Gasteiger partial charge in [-0.3, -0.25) is 4.79 Å². The molecule has 0 aromatic heterocycles. The summed E-state index contributed by atoms with van der Waals surface area (Å²) < 4.78 is 14.5. The van der Waals surface area contributed by atoms with Gasteiger partial charge in [-0.15, -0.1) is 0 Å². The molecule has 17 heteroatoms. The highest BCUT2D eigenvalue weighted by Crippen LogP contribution is 2.11. The zero-order valence-electron chi connectivity index (χ0n) is 32.6. The number of unbranched alkanes of at least 4 members (excludes halogenated alkanes) is 14. The van der Waals surface area contributed by atoms with E-state index in [1.807, 2.05) is 0 Å². The molecular formula is C36H77N3O14. The summed E-state index contributed by atoms with van der Waals surface area (Å²) in [5, 5.41) is 63.1. The van der Waals surface area contributed by atoms with E-state index in [1.165, 1.54) is 0 Å². The second kappa shape index (κ2) is 58.8. The molecule has 53 heavy (non-hydrogen) atoms. The lowest BCUT2D eigenvalue weighted by molar-refractivity contribution is -0.374. The Morgan fingerprint density at radius 1 is 0.377 bits per heavy atom. The lowest BCUT2D eigenvalue weighted by atomic mass is 10.1. The summed E-state index contributed by atoms with van der Waals surface area (Å²) in [4.78, 5) is 40.5. The molecule has 0 atom stereocenters. The number of carboxylic acid groups (broad SMARTS) is 4. The van der Waals surface area contributed by atoms with Gasteiger partial charge in [-0.25, -0.2) is 0 Å². The van der Waals surface area contributed by atoms with E-state index in [9.17, 15) is 34.5 Å². The van der Waals surface area contributed by atoms with E-state index in [-0.39, 0.29) is 45.5 Å². The number of carbonyl (C=O) groups excluding carboxylic acids is 3. The average molecular weight is 776 g/mol. The summed E-state index contributed by atoms with van der Waals surface area (Å²) in [6.45, 7) is 5.95. The minimum atomic E-state index is -0.970. The zero-order valence-corrected chi connectivity index (χ0v) is 32.6. The van der Waals surface area contributed by atoms with Gasteiger partial charge < -0.3 is 81.5 Å². The van der Waals surface area contributed by atoms with Gasteiger partial charge in [-0.2, -0.15) is 0 Å². The first-order chi connectivity index (χ1) is 25.5. The zero-order chi connectivity index (χ0) is 41.1. The van der Waals surface area contributed by atoms with Gasteiger partial charge >= 0.3 is 5.97 Å². The highest BCUT2D eigenvalue weighted by atomic mass is 16.5. The van der Waals surface area contributed by atoms with Crippen LogP contribution in [0, 0.1) is 0 Å². The Labute approximate surface area is 317 Å². The Balaban J connectivity index is -0.000000192. The maximum atomic E-state index is 10.2. The lowest BCUT2D eigenvalue weighted by Gasteiger charge is -2.03. The van der Waals surface area contributed by atoms with Gasteiger partial charge in [-0.05, 0) is 44.9 Å². The molecule has 0 saturated heterocycles. The van der Waals surface area contributed by atoms with Crippen LogP contribution in [0.3, 0.4) is 0 Å². The Hall–Kier alpha value is -2.48. The van der Waals surface area contributed by atoms with Crippen molar-refractivity contribution in [2.45, 2.75) is 128 Å². The molecule has 0 unspecified atom stereocenters. The summed E-state index contributed by atoms with van der Waals surface area (Å²) in [6, 6.07) is 0. The molecule has 320 valence electrons. The smallest absolute Gasteiger partial charge is 0.303 e. The molecule has 0 saturated carbocycles. The van der Waals surface area contributed by atoms with Crippen LogP contribution < -0.4 is 32.5 Å². The number of carboxylic acids is 4. The highest BCUT2D eigenvalue weighted by molar-refractivity contribution is 5.66. The molecule has 0 aliphatic carbocycles. The fraction of sp³-hybridized carbons (Fsp3) is 0.889. The van der Waals surface area contributed by atoms with E-state index in [0.717, 1.165) is 103 Å². The third-order valence-corrected chi connectivity index (χ3v) is 6.61. The van der Waals surface area contributed by atoms with Crippen LogP contribution in [0.15, 0.2) is 0 Å². The van der Waals surface area contributed by atoms with Gasteiger partial charge in [-0.1, -0.05) is 77.0 Å². The predicted octanol–water partition coefficient (Wildman–Crippen LogP) is -3.18. The first kappa shape index (κ1) is 59.8.